The first kappa shape index (κ1) is 13.7. The van der Waals surface area contributed by atoms with Gasteiger partial charge < -0.3 is 14.6 Å². The Hall–Kier alpha value is -1.30. The van der Waals surface area contributed by atoms with Gasteiger partial charge in [0.1, 0.15) is 5.60 Å². The van der Waals surface area contributed by atoms with Gasteiger partial charge in [-0.3, -0.25) is 5.32 Å². The fraction of sp³-hybridized carbons (Fsp3) is 0.778. The maximum Gasteiger partial charge on any atom is 0.410 e. The zero-order valence-corrected chi connectivity index (χ0v) is 9.58. The van der Waals surface area contributed by atoms with Gasteiger partial charge in [0, 0.05) is 0 Å². The van der Waals surface area contributed by atoms with Crippen molar-refractivity contribution in [1.29, 1.82) is 0 Å². The summed E-state index contributed by atoms with van der Waals surface area (Å²) in [6, 6.07) is 0. The lowest BCUT2D eigenvalue weighted by Gasteiger charge is -2.25. The zero-order valence-electron chi connectivity index (χ0n) is 9.58. The zero-order chi connectivity index (χ0) is 12.3. The van der Waals surface area contributed by atoms with E-state index in [0.29, 0.717) is 0 Å². The summed E-state index contributed by atoms with van der Waals surface area (Å²) in [6.45, 7) is 6.10. The molecule has 6 nitrogen and oxygen atoms in total. The molecule has 1 amide bonds. The van der Waals surface area contributed by atoms with Crippen molar-refractivity contribution in [3.05, 3.63) is 0 Å². The van der Waals surface area contributed by atoms with Crippen LogP contribution in [0.5, 0.6) is 0 Å². The molecule has 0 aliphatic heterocycles. The quantitative estimate of drug-likeness (QED) is 0.518. The second kappa shape index (κ2) is 4.48. The van der Waals surface area contributed by atoms with Crippen LogP contribution in [-0.2, 0) is 14.3 Å². The first-order chi connectivity index (χ1) is 6.58. The maximum absolute atomic E-state index is 11.2. The van der Waals surface area contributed by atoms with E-state index in [1.807, 2.05) is 5.32 Å². The van der Waals surface area contributed by atoms with Crippen molar-refractivity contribution in [1.82, 2.24) is 5.32 Å². The van der Waals surface area contributed by atoms with Gasteiger partial charge in [-0.25, -0.2) is 9.59 Å². The molecule has 0 aliphatic rings. The van der Waals surface area contributed by atoms with Gasteiger partial charge in [-0.05, 0) is 27.7 Å². The third kappa shape index (κ3) is 5.21. The maximum atomic E-state index is 11.2. The average molecular weight is 219 g/mol. The topological polar surface area (TPSA) is 84.9 Å². The van der Waals surface area contributed by atoms with E-state index in [9.17, 15) is 14.7 Å². The van der Waals surface area contributed by atoms with Gasteiger partial charge in [0.05, 0.1) is 7.11 Å². The molecule has 0 saturated carbocycles. The number of nitrogens with one attached hydrogen (secondary N) is 1. The van der Waals surface area contributed by atoms with Crippen LogP contribution in [0.1, 0.15) is 27.7 Å². The van der Waals surface area contributed by atoms with Gasteiger partial charge >= 0.3 is 12.1 Å². The Morgan fingerprint density at radius 2 is 1.67 bits per heavy atom. The molecule has 0 aromatic rings. The van der Waals surface area contributed by atoms with Crippen molar-refractivity contribution >= 4 is 12.1 Å². The van der Waals surface area contributed by atoms with Crippen LogP contribution in [0.2, 0.25) is 0 Å². The normalized spacial score (nSPS) is 15.1. The fourth-order valence-electron chi connectivity index (χ4n) is 0.752. The van der Waals surface area contributed by atoms with E-state index in [0.717, 1.165) is 14.0 Å². The Labute approximate surface area is 88.6 Å². The third-order valence-electron chi connectivity index (χ3n) is 1.33. The van der Waals surface area contributed by atoms with Crippen molar-refractivity contribution in [3.63, 3.8) is 0 Å². The summed E-state index contributed by atoms with van der Waals surface area (Å²) in [7, 11) is 1.10. The second-order valence-electron chi connectivity index (χ2n) is 4.19. The molecular weight excluding hydrogens is 202 g/mol. The molecule has 15 heavy (non-hydrogen) atoms. The number of carbonyl (C=O) groups is 2. The lowest BCUT2D eigenvalue weighted by molar-refractivity contribution is -0.163. The number of hydrogen-bond acceptors (Lipinski definition) is 5. The molecule has 0 fully saturated rings. The van der Waals surface area contributed by atoms with Crippen LogP contribution in [0.3, 0.4) is 0 Å². The van der Waals surface area contributed by atoms with Crippen LogP contribution in [0, 0.1) is 0 Å². The Balaban J connectivity index is 4.35. The van der Waals surface area contributed by atoms with Crippen molar-refractivity contribution in [2.75, 3.05) is 7.11 Å². The first-order valence-electron chi connectivity index (χ1n) is 4.40. The summed E-state index contributed by atoms with van der Waals surface area (Å²) in [5, 5.41) is 11.4. The number of hydrogen-bond donors (Lipinski definition) is 2. The monoisotopic (exact) mass is 219 g/mol. The summed E-state index contributed by atoms with van der Waals surface area (Å²) >= 11 is 0. The molecule has 0 aliphatic carbocycles. The van der Waals surface area contributed by atoms with Crippen molar-refractivity contribution in [2.24, 2.45) is 0 Å². The van der Waals surface area contributed by atoms with E-state index in [4.69, 9.17) is 4.74 Å². The molecular formula is C9H17NO5. The molecule has 0 aromatic carbocycles. The van der Waals surface area contributed by atoms with Crippen LogP contribution in [0.15, 0.2) is 0 Å². The minimum Gasteiger partial charge on any atom is -0.465 e. The summed E-state index contributed by atoms with van der Waals surface area (Å²) in [5.74, 6) is -0.964. The minimum absolute atomic E-state index is 0.698. The number of esters is 1. The minimum atomic E-state index is -2.09. The molecule has 6 heteroatoms. The summed E-state index contributed by atoms with van der Waals surface area (Å²) in [6.07, 6.45) is -0.891. The molecule has 1 unspecified atom stereocenters. The van der Waals surface area contributed by atoms with Gasteiger partial charge in [-0.2, -0.15) is 0 Å². The van der Waals surface area contributed by atoms with E-state index in [1.165, 1.54) is 0 Å². The Bertz CT molecular complexity index is 254. The highest BCUT2D eigenvalue weighted by Crippen LogP contribution is 2.08. The SMILES string of the molecule is COC(=O)C(C)(O)NC(=O)OC(C)(C)C. The van der Waals surface area contributed by atoms with Crippen LogP contribution in [0.4, 0.5) is 4.79 Å². The van der Waals surface area contributed by atoms with Crippen molar-refractivity contribution in [2.45, 2.75) is 39.0 Å². The largest absolute Gasteiger partial charge is 0.465 e. The first-order valence-corrected chi connectivity index (χ1v) is 4.40. The highest BCUT2D eigenvalue weighted by atomic mass is 16.6. The smallest absolute Gasteiger partial charge is 0.410 e. The summed E-state index contributed by atoms with van der Waals surface area (Å²) < 4.78 is 9.14. The summed E-state index contributed by atoms with van der Waals surface area (Å²) in [5.41, 5.74) is -2.78. The van der Waals surface area contributed by atoms with E-state index in [2.05, 4.69) is 4.74 Å². The molecule has 0 rings (SSSR count). The Morgan fingerprint density at radius 1 is 1.20 bits per heavy atom. The Morgan fingerprint density at radius 3 is 2.00 bits per heavy atom. The van der Waals surface area contributed by atoms with Crippen LogP contribution < -0.4 is 5.32 Å². The number of ether oxygens (including phenoxy) is 2. The molecule has 0 heterocycles. The lowest BCUT2D eigenvalue weighted by atomic mass is 10.2. The highest BCUT2D eigenvalue weighted by molar-refractivity contribution is 5.83. The third-order valence-corrected chi connectivity index (χ3v) is 1.33. The number of aliphatic hydroxyl groups is 1. The van der Waals surface area contributed by atoms with Crippen molar-refractivity contribution < 1.29 is 24.2 Å². The predicted octanol–water partition coefficient (Wildman–Crippen LogP) is 0.393. The molecule has 0 bridgehead atoms. The number of rotatable bonds is 2. The van der Waals surface area contributed by atoms with Crippen molar-refractivity contribution in [3.8, 4) is 0 Å². The van der Waals surface area contributed by atoms with Crippen LogP contribution in [-0.4, -0.2) is 35.6 Å². The lowest BCUT2D eigenvalue weighted by Crippen LogP contribution is -2.53. The van der Waals surface area contributed by atoms with Gasteiger partial charge in [0.25, 0.3) is 0 Å². The molecule has 0 aromatic heterocycles. The predicted molar refractivity (Wildman–Crippen MR) is 52.0 cm³/mol. The molecule has 1 atom stereocenters. The van der Waals surface area contributed by atoms with Crippen LogP contribution in [0.25, 0.3) is 0 Å². The average Bonchev–Trinajstić information content (AvgIpc) is 1.97. The number of alkyl carbamates (subject to hydrolysis) is 1. The molecule has 2 N–H and O–H groups in total. The standard InChI is InChI=1S/C9H17NO5/c1-8(2,3)15-7(12)10-9(4,13)6(11)14-5/h13H,1-5H3,(H,10,12). The van der Waals surface area contributed by atoms with Gasteiger partial charge in [0.2, 0.25) is 5.72 Å². The summed E-state index contributed by atoms with van der Waals surface area (Å²) in [4.78, 5) is 22.2. The van der Waals surface area contributed by atoms with Gasteiger partial charge in [-0.15, -0.1) is 0 Å². The van der Waals surface area contributed by atoms with E-state index < -0.39 is 23.4 Å². The van der Waals surface area contributed by atoms with E-state index in [1.54, 1.807) is 20.8 Å². The number of amides is 1. The highest BCUT2D eigenvalue weighted by Gasteiger charge is 2.34. The molecule has 0 spiro atoms. The van der Waals surface area contributed by atoms with Crippen LogP contribution >= 0.6 is 0 Å². The van der Waals surface area contributed by atoms with Gasteiger partial charge in [0.15, 0.2) is 0 Å². The Kier molecular flexibility index (Phi) is 4.09. The molecule has 0 radical (unpaired) electrons. The second-order valence-corrected chi connectivity index (χ2v) is 4.19. The fourth-order valence-corrected chi connectivity index (χ4v) is 0.752. The van der Waals surface area contributed by atoms with E-state index in [-0.39, 0.29) is 0 Å². The molecule has 0 saturated heterocycles. The molecule has 88 valence electrons. The number of methoxy groups -OCH3 is 1. The van der Waals surface area contributed by atoms with Gasteiger partial charge in [-0.1, -0.05) is 0 Å². The van der Waals surface area contributed by atoms with E-state index >= 15 is 0 Å². The number of carbonyl (C=O) groups excluding carboxylic acids is 2.